The molecule has 0 aromatic heterocycles. The van der Waals surface area contributed by atoms with Crippen LogP contribution in [-0.2, 0) is 9.53 Å². The van der Waals surface area contributed by atoms with Gasteiger partial charge in [-0.15, -0.1) is 0 Å². The van der Waals surface area contributed by atoms with E-state index < -0.39 is 34.7 Å². The van der Waals surface area contributed by atoms with Crippen LogP contribution in [0.4, 0.5) is 13.2 Å². The van der Waals surface area contributed by atoms with Crippen molar-refractivity contribution in [3.05, 3.63) is 22.5 Å². The smallest absolute Gasteiger partial charge is 0.417 e. The maximum absolute atomic E-state index is 14.0. The van der Waals surface area contributed by atoms with Crippen molar-refractivity contribution in [1.82, 2.24) is 10.0 Å². The zero-order valence-electron chi connectivity index (χ0n) is 14.8. The van der Waals surface area contributed by atoms with Crippen molar-refractivity contribution in [1.29, 1.82) is 0 Å². The van der Waals surface area contributed by atoms with Crippen molar-refractivity contribution in [2.45, 2.75) is 65.7 Å². The fourth-order valence-electron chi connectivity index (χ4n) is 4.26. The number of carbonyl (C=O) groups excluding carboxylic acids is 1. The summed E-state index contributed by atoms with van der Waals surface area (Å²) in [7, 11) is 0. The third-order valence-electron chi connectivity index (χ3n) is 5.51. The second-order valence-corrected chi connectivity index (χ2v) is 7.82. The molecule has 0 bridgehead atoms. The number of carbonyl (C=O) groups is 1. The quantitative estimate of drug-likeness (QED) is 0.714. The first kappa shape index (κ1) is 17.2. The summed E-state index contributed by atoms with van der Waals surface area (Å²) in [5, 5.41) is 3.20. The van der Waals surface area contributed by atoms with Crippen LogP contribution >= 0.6 is 0 Å². The molecule has 0 aromatic rings. The molecule has 0 saturated carbocycles. The lowest BCUT2D eigenvalue weighted by Gasteiger charge is -2.38. The minimum Gasteiger partial charge on any atom is -0.461 e. The second-order valence-electron chi connectivity index (χ2n) is 7.82. The molecule has 0 aliphatic carbocycles. The fraction of sp³-hybridized carbons (Fsp3) is 0.706. The van der Waals surface area contributed by atoms with E-state index >= 15 is 0 Å². The van der Waals surface area contributed by atoms with Crippen LogP contribution in [0.25, 0.3) is 0 Å². The zero-order valence-corrected chi connectivity index (χ0v) is 14.8. The van der Waals surface area contributed by atoms with Gasteiger partial charge in [0.05, 0.1) is 23.8 Å². The molecule has 1 fully saturated rings. The first-order valence-corrected chi connectivity index (χ1v) is 8.13. The van der Waals surface area contributed by atoms with Crippen LogP contribution in [0.3, 0.4) is 0 Å². The van der Waals surface area contributed by atoms with E-state index in [2.05, 4.69) is 0 Å². The third kappa shape index (κ3) is 1.96. The number of hydrazine groups is 1. The third-order valence-corrected chi connectivity index (χ3v) is 5.51. The van der Waals surface area contributed by atoms with E-state index in [4.69, 9.17) is 4.74 Å². The molecule has 3 aliphatic heterocycles. The van der Waals surface area contributed by atoms with Crippen LogP contribution in [0.1, 0.15) is 48.0 Å². The highest BCUT2D eigenvalue weighted by atomic mass is 19.4. The van der Waals surface area contributed by atoms with Crippen molar-refractivity contribution >= 4 is 5.97 Å². The molecule has 3 heterocycles. The van der Waals surface area contributed by atoms with E-state index in [1.165, 1.54) is 5.01 Å². The van der Waals surface area contributed by atoms with Gasteiger partial charge in [0.2, 0.25) is 0 Å². The molecule has 24 heavy (non-hydrogen) atoms. The molecule has 3 aliphatic rings. The minimum atomic E-state index is -4.60. The predicted molar refractivity (Wildman–Crippen MR) is 82.4 cm³/mol. The van der Waals surface area contributed by atoms with Crippen LogP contribution in [0, 0.1) is 5.41 Å². The molecule has 1 saturated heterocycles. The van der Waals surface area contributed by atoms with Gasteiger partial charge < -0.3 is 4.74 Å². The number of hydrogen-bond acceptors (Lipinski definition) is 4. The topological polar surface area (TPSA) is 32.8 Å². The largest absolute Gasteiger partial charge is 0.461 e. The van der Waals surface area contributed by atoms with E-state index in [1.54, 1.807) is 11.9 Å². The summed E-state index contributed by atoms with van der Waals surface area (Å²) < 4.78 is 46.9. The molecule has 134 valence electrons. The predicted octanol–water partition coefficient (Wildman–Crippen LogP) is 3.76. The number of esters is 1. The summed E-state index contributed by atoms with van der Waals surface area (Å²) in [6.45, 7) is 10.9. The molecule has 0 spiro atoms. The monoisotopic (exact) mass is 344 g/mol. The summed E-state index contributed by atoms with van der Waals surface area (Å²) in [5.74, 6) is -0.901. The molecular weight excluding hydrogens is 321 g/mol. The molecular formula is C17H23F3N2O2. The number of nitrogens with zero attached hydrogens (tertiary/aromatic N) is 2. The van der Waals surface area contributed by atoms with Crippen molar-refractivity contribution < 1.29 is 22.7 Å². The van der Waals surface area contributed by atoms with Gasteiger partial charge in [-0.1, -0.05) is 13.8 Å². The molecule has 1 atom stereocenters. The summed E-state index contributed by atoms with van der Waals surface area (Å²) in [5.41, 5.74) is -0.615. The Morgan fingerprint density at radius 1 is 1.29 bits per heavy atom. The molecule has 1 unspecified atom stereocenters. The van der Waals surface area contributed by atoms with Gasteiger partial charge in [0.15, 0.2) is 5.70 Å². The SMILES string of the molecule is CCOC(=O)C1=C(C(F)(F)F)C2N3C(=C(C)C2(C)C)CC(C)(C)N13. The van der Waals surface area contributed by atoms with Gasteiger partial charge in [0.1, 0.15) is 0 Å². The Labute approximate surface area is 139 Å². The van der Waals surface area contributed by atoms with Crippen LogP contribution in [0.5, 0.6) is 0 Å². The molecule has 4 nitrogen and oxygen atoms in total. The van der Waals surface area contributed by atoms with Crippen LogP contribution < -0.4 is 0 Å². The Bertz CT molecular complexity index is 674. The van der Waals surface area contributed by atoms with Gasteiger partial charge in [-0.05, 0) is 33.3 Å². The highest BCUT2D eigenvalue weighted by Gasteiger charge is 2.66. The van der Waals surface area contributed by atoms with Crippen molar-refractivity contribution in [2.24, 2.45) is 5.41 Å². The number of halogens is 3. The number of hydrogen-bond donors (Lipinski definition) is 0. The van der Waals surface area contributed by atoms with Crippen LogP contribution in [0.2, 0.25) is 0 Å². The Kier molecular flexibility index (Phi) is 3.36. The number of rotatable bonds is 2. The molecule has 0 aromatic carbocycles. The van der Waals surface area contributed by atoms with E-state index in [9.17, 15) is 18.0 Å². The standard InChI is InChI=1S/C17H23F3N2O2/c1-7-24-14(23)12-11(17(18,19)20)13-16(5,6)9(2)10-8-15(3,4)22(12)21(10)13/h13H,7-8H2,1-6H3. The zero-order chi connectivity index (χ0) is 18.2. The van der Waals surface area contributed by atoms with Gasteiger partial charge in [0.25, 0.3) is 0 Å². The maximum Gasteiger partial charge on any atom is 0.417 e. The minimum absolute atomic E-state index is 0.0392. The van der Waals surface area contributed by atoms with E-state index in [1.807, 2.05) is 34.6 Å². The highest BCUT2D eigenvalue weighted by Crippen LogP contribution is 2.61. The van der Waals surface area contributed by atoms with E-state index in [-0.39, 0.29) is 12.3 Å². The van der Waals surface area contributed by atoms with Crippen molar-refractivity contribution in [3.8, 4) is 0 Å². The first-order valence-electron chi connectivity index (χ1n) is 8.13. The molecule has 7 heteroatoms. The average molecular weight is 344 g/mol. The molecule has 3 rings (SSSR count). The molecule has 0 amide bonds. The number of alkyl halides is 3. The average Bonchev–Trinajstić information content (AvgIpc) is 2.97. The Balaban J connectivity index is 2.29. The molecule has 0 N–H and O–H groups in total. The molecule has 0 radical (unpaired) electrons. The Hall–Kier alpha value is -1.66. The summed E-state index contributed by atoms with van der Waals surface area (Å²) >= 11 is 0. The lowest BCUT2D eigenvalue weighted by Crippen LogP contribution is -2.47. The highest BCUT2D eigenvalue weighted by molar-refractivity contribution is 5.90. The van der Waals surface area contributed by atoms with Gasteiger partial charge in [0, 0.05) is 17.5 Å². The van der Waals surface area contributed by atoms with E-state index in [0.717, 1.165) is 11.3 Å². The first-order chi connectivity index (χ1) is 10.9. The van der Waals surface area contributed by atoms with Gasteiger partial charge in [-0.3, -0.25) is 10.0 Å². The maximum atomic E-state index is 14.0. The van der Waals surface area contributed by atoms with E-state index in [0.29, 0.717) is 6.42 Å². The normalized spacial score (nSPS) is 27.3. The van der Waals surface area contributed by atoms with Gasteiger partial charge in [-0.2, -0.15) is 13.2 Å². The summed E-state index contributed by atoms with van der Waals surface area (Å²) in [6.07, 6.45) is -3.99. The summed E-state index contributed by atoms with van der Waals surface area (Å²) in [6, 6.07) is -0.923. The fourth-order valence-corrected chi connectivity index (χ4v) is 4.26. The summed E-state index contributed by atoms with van der Waals surface area (Å²) in [4.78, 5) is 12.4. The lowest BCUT2D eigenvalue weighted by atomic mass is 9.76. The van der Waals surface area contributed by atoms with Gasteiger partial charge >= 0.3 is 12.1 Å². The Morgan fingerprint density at radius 2 is 1.88 bits per heavy atom. The van der Waals surface area contributed by atoms with Crippen molar-refractivity contribution in [3.63, 3.8) is 0 Å². The van der Waals surface area contributed by atoms with Crippen LogP contribution in [0.15, 0.2) is 22.5 Å². The Morgan fingerprint density at radius 3 is 2.38 bits per heavy atom. The lowest BCUT2D eigenvalue weighted by molar-refractivity contribution is -0.143. The van der Waals surface area contributed by atoms with Gasteiger partial charge in [-0.25, -0.2) is 4.79 Å². The van der Waals surface area contributed by atoms with Crippen LogP contribution in [-0.4, -0.2) is 40.4 Å². The second kappa shape index (κ2) is 4.70. The van der Waals surface area contributed by atoms with Crippen molar-refractivity contribution in [2.75, 3.05) is 6.61 Å². The number of ether oxygens (including phenoxy) is 1.